The Balaban J connectivity index is 3.45. The highest BCUT2D eigenvalue weighted by Crippen LogP contribution is 2.31. The largest absolute Gasteiger partial charge is 0.299 e. The number of hydrogen-bond acceptors (Lipinski definition) is 4. The number of nitro groups is 1. The van der Waals surface area contributed by atoms with Gasteiger partial charge in [-0.15, -0.1) is 0 Å². The molecule has 0 aromatic carbocycles. The van der Waals surface area contributed by atoms with Crippen LogP contribution in [0.2, 0.25) is 5.02 Å². The van der Waals surface area contributed by atoms with Crippen LogP contribution in [0, 0.1) is 10.1 Å². The molecule has 0 saturated heterocycles. The van der Waals surface area contributed by atoms with Crippen LogP contribution in [0.1, 0.15) is 22.5 Å². The highest BCUT2D eigenvalue weighted by Gasteiger charge is 2.24. The predicted molar refractivity (Wildman–Crippen MR) is 46.2 cm³/mol. The van der Waals surface area contributed by atoms with Gasteiger partial charge in [-0.1, -0.05) is 11.6 Å². The van der Waals surface area contributed by atoms with Gasteiger partial charge in [-0.05, 0) is 0 Å². The maximum atomic E-state index is 12.2. The molecule has 0 radical (unpaired) electrons. The fourth-order valence-electron chi connectivity index (χ4n) is 0.917. The Bertz CT molecular complexity index is 425. The monoisotopic (exact) mass is 236 g/mol. The van der Waals surface area contributed by atoms with E-state index in [9.17, 15) is 23.7 Å². The molecule has 5 nitrogen and oxygen atoms in total. The van der Waals surface area contributed by atoms with E-state index < -0.39 is 33.3 Å². The molecule has 0 bridgehead atoms. The van der Waals surface area contributed by atoms with Gasteiger partial charge in [-0.3, -0.25) is 14.9 Å². The first-order valence-corrected chi connectivity index (χ1v) is 3.93. The summed E-state index contributed by atoms with van der Waals surface area (Å²) >= 11 is 5.37. The van der Waals surface area contributed by atoms with Gasteiger partial charge in [-0.25, -0.2) is 13.8 Å². The average molecular weight is 237 g/mol. The van der Waals surface area contributed by atoms with E-state index in [4.69, 9.17) is 11.6 Å². The predicted octanol–water partition coefficient (Wildman–Crippen LogP) is 2.39. The van der Waals surface area contributed by atoms with Crippen molar-refractivity contribution in [1.29, 1.82) is 0 Å². The zero-order chi connectivity index (χ0) is 11.6. The Hall–Kier alpha value is -1.63. The van der Waals surface area contributed by atoms with Gasteiger partial charge < -0.3 is 0 Å². The molecule has 1 heterocycles. The number of carbonyl (C=O) groups excluding carboxylic acids is 1. The lowest BCUT2D eigenvalue weighted by Crippen LogP contribution is -2.01. The van der Waals surface area contributed by atoms with Crippen molar-refractivity contribution in [2.45, 2.75) is 6.43 Å². The Morgan fingerprint density at radius 1 is 1.60 bits per heavy atom. The van der Waals surface area contributed by atoms with Gasteiger partial charge in [0, 0.05) is 0 Å². The van der Waals surface area contributed by atoms with Gasteiger partial charge in [-0.2, -0.15) is 0 Å². The molecule has 1 aromatic heterocycles. The summed E-state index contributed by atoms with van der Waals surface area (Å²) in [6.07, 6.45) is -2.36. The molecule has 0 N–H and O–H groups in total. The number of hydrogen-bond donors (Lipinski definition) is 0. The number of pyridine rings is 1. The summed E-state index contributed by atoms with van der Waals surface area (Å²) in [7, 11) is 0. The standard InChI is InChI=1S/C7H3ClF2N2O3/c8-5-3(2-13)4(12(14)15)1-11-6(5)7(9)10/h1-2,7H. The van der Waals surface area contributed by atoms with Crippen molar-refractivity contribution in [3.63, 3.8) is 0 Å². The number of aldehydes is 1. The Labute approximate surface area is 86.8 Å². The van der Waals surface area contributed by atoms with E-state index in [1.165, 1.54) is 0 Å². The zero-order valence-corrected chi connectivity index (χ0v) is 7.74. The van der Waals surface area contributed by atoms with Crippen molar-refractivity contribution in [3.8, 4) is 0 Å². The van der Waals surface area contributed by atoms with Gasteiger partial charge >= 0.3 is 0 Å². The first kappa shape index (κ1) is 11.4. The Kier molecular flexibility index (Phi) is 3.25. The fraction of sp³-hybridized carbons (Fsp3) is 0.143. The summed E-state index contributed by atoms with van der Waals surface area (Å²) < 4.78 is 24.5. The quantitative estimate of drug-likeness (QED) is 0.459. The van der Waals surface area contributed by atoms with Crippen molar-refractivity contribution in [1.82, 2.24) is 4.98 Å². The molecule has 1 aromatic rings. The maximum Gasteiger partial charge on any atom is 0.299 e. The van der Waals surface area contributed by atoms with E-state index in [-0.39, 0.29) is 6.29 Å². The third kappa shape index (κ3) is 2.07. The highest BCUT2D eigenvalue weighted by molar-refractivity contribution is 6.34. The first-order chi connectivity index (χ1) is 6.99. The molecule has 0 atom stereocenters. The van der Waals surface area contributed by atoms with Gasteiger partial charge in [0.25, 0.3) is 12.1 Å². The molecule has 0 aliphatic carbocycles. The van der Waals surface area contributed by atoms with Gasteiger partial charge in [0.1, 0.15) is 17.5 Å². The minimum Gasteiger partial charge on any atom is -0.298 e. The fourth-order valence-corrected chi connectivity index (χ4v) is 1.19. The Morgan fingerprint density at radius 2 is 2.20 bits per heavy atom. The van der Waals surface area contributed by atoms with E-state index in [0.29, 0.717) is 6.20 Å². The summed E-state index contributed by atoms with van der Waals surface area (Å²) in [5.41, 5.74) is -2.13. The normalized spacial score (nSPS) is 10.4. The number of aromatic nitrogens is 1. The molecule has 80 valence electrons. The van der Waals surface area contributed by atoms with Crippen molar-refractivity contribution >= 4 is 23.6 Å². The summed E-state index contributed by atoms with van der Waals surface area (Å²) in [6.45, 7) is 0. The molecular formula is C7H3ClF2N2O3. The smallest absolute Gasteiger partial charge is 0.298 e. The average Bonchev–Trinajstić information content (AvgIpc) is 2.16. The molecule has 0 aliphatic heterocycles. The lowest BCUT2D eigenvalue weighted by Gasteiger charge is -2.03. The summed E-state index contributed by atoms with van der Waals surface area (Å²) in [4.78, 5) is 23.0. The number of alkyl halides is 2. The Morgan fingerprint density at radius 3 is 2.60 bits per heavy atom. The minimum absolute atomic E-state index is 0.0496. The number of rotatable bonds is 3. The van der Waals surface area contributed by atoms with Crippen LogP contribution in [0.3, 0.4) is 0 Å². The van der Waals surface area contributed by atoms with E-state index >= 15 is 0 Å². The van der Waals surface area contributed by atoms with Crippen molar-refractivity contribution < 1.29 is 18.5 Å². The molecule has 8 heteroatoms. The molecule has 1 rings (SSSR count). The van der Waals surface area contributed by atoms with Crippen LogP contribution in [0.5, 0.6) is 0 Å². The lowest BCUT2D eigenvalue weighted by molar-refractivity contribution is -0.385. The van der Waals surface area contributed by atoms with Gasteiger partial charge in [0.15, 0.2) is 6.29 Å². The maximum absolute atomic E-state index is 12.2. The van der Waals surface area contributed by atoms with E-state index in [1.54, 1.807) is 0 Å². The third-order valence-corrected chi connectivity index (χ3v) is 1.98. The second-order valence-electron chi connectivity index (χ2n) is 2.43. The number of nitrogens with zero attached hydrogens (tertiary/aromatic N) is 2. The molecule has 0 unspecified atom stereocenters. The molecule has 0 spiro atoms. The van der Waals surface area contributed by atoms with E-state index in [1.807, 2.05) is 0 Å². The SMILES string of the molecule is O=Cc1c([N+](=O)[O-])cnc(C(F)F)c1Cl. The van der Waals surface area contributed by atoms with Crippen LogP contribution in [-0.2, 0) is 0 Å². The second-order valence-corrected chi connectivity index (χ2v) is 2.81. The van der Waals surface area contributed by atoms with Gasteiger partial charge in [0.2, 0.25) is 0 Å². The summed E-state index contributed by atoms with van der Waals surface area (Å²) in [5.74, 6) is 0. The number of halogens is 3. The van der Waals surface area contributed by atoms with Crippen molar-refractivity contribution in [3.05, 3.63) is 32.6 Å². The van der Waals surface area contributed by atoms with Crippen LogP contribution >= 0.6 is 11.6 Å². The third-order valence-electron chi connectivity index (χ3n) is 1.58. The first-order valence-electron chi connectivity index (χ1n) is 3.55. The summed E-state index contributed by atoms with van der Waals surface area (Å²) in [5, 5.41) is 9.69. The van der Waals surface area contributed by atoms with Crippen LogP contribution in [0.4, 0.5) is 14.5 Å². The molecule has 0 amide bonds. The minimum atomic E-state index is -2.99. The molecule has 0 saturated carbocycles. The van der Waals surface area contributed by atoms with Crippen molar-refractivity contribution in [2.75, 3.05) is 0 Å². The van der Waals surface area contributed by atoms with Crippen LogP contribution in [0.15, 0.2) is 6.20 Å². The van der Waals surface area contributed by atoms with Crippen molar-refractivity contribution in [2.24, 2.45) is 0 Å². The zero-order valence-electron chi connectivity index (χ0n) is 6.99. The number of carbonyl (C=O) groups is 1. The van der Waals surface area contributed by atoms with Gasteiger partial charge in [0.05, 0.1) is 9.95 Å². The van der Waals surface area contributed by atoms with E-state index in [0.717, 1.165) is 0 Å². The molecule has 15 heavy (non-hydrogen) atoms. The van der Waals surface area contributed by atoms with Crippen LogP contribution < -0.4 is 0 Å². The van der Waals surface area contributed by atoms with Crippen LogP contribution in [0.25, 0.3) is 0 Å². The molecular weight excluding hydrogens is 234 g/mol. The second kappa shape index (κ2) is 4.26. The molecule has 0 fully saturated rings. The highest BCUT2D eigenvalue weighted by atomic mass is 35.5. The lowest BCUT2D eigenvalue weighted by atomic mass is 10.2. The van der Waals surface area contributed by atoms with Crippen LogP contribution in [-0.4, -0.2) is 16.2 Å². The molecule has 0 aliphatic rings. The topological polar surface area (TPSA) is 73.1 Å². The summed E-state index contributed by atoms with van der Waals surface area (Å²) in [6, 6.07) is 0. The van der Waals surface area contributed by atoms with E-state index in [2.05, 4.69) is 4.98 Å².